The van der Waals surface area contributed by atoms with E-state index in [1.165, 1.54) is 39.0 Å². The maximum absolute atomic E-state index is 3.73. The van der Waals surface area contributed by atoms with Crippen LogP contribution in [0, 0.1) is 0 Å². The lowest BCUT2D eigenvalue weighted by Crippen LogP contribution is -2.27. The molecule has 1 heteroatoms. The van der Waals surface area contributed by atoms with Gasteiger partial charge >= 0.3 is 0 Å². The molecule has 0 nitrogen and oxygen atoms in total. The molecule has 2 atom stereocenters. The lowest BCUT2D eigenvalue weighted by Gasteiger charge is -2.32. The Labute approximate surface area is 162 Å². The topological polar surface area (TPSA) is 0 Å². The molecule has 0 saturated heterocycles. The summed E-state index contributed by atoms with van der Waals surface area (Å²) in [7, 11) is 0. The summed E-state index contributed by atoms with van der Waals surface area (Å²) in [6.45, 7) is 0. The lowest BCUT2D eigenvalue weighted by molar-refractivity contribution is 0.707. The van der Waals surface area contributed by atoms with Gasteiger partial charge in [0.15, 0.2) is 0 Å². The third-order valence-electron chi connectivity index (χ3n) is 6.34. The van der Waals surface area contributed by atoms with Gasteiger partial charge in [-0.25, -0.2) is 0 Å². The van der Waals surface area contributed by atoms with Crippen molar-refractivity contribution in [3.05, 3.63) is 117 Å². The van der Waals surface area contributed by atoms with E-state index in [1.54, 1.807) is 0 Å². The van der Waals surface area contributed by atoms with Gasteiger partial charge in [0.25, 0.3) is 0 Å². The summed E-state index contributed by atoms with van der Waals surface area (Å²) in [6, 6.07) is 24.8. The first-order valence-electron chi connectivity index (χ1n) is 9.18. The molecule has 3 aromatic carbocycles. The van der Waals surface area contributed by atoms with Crippen LogP contribution in [-0.2, 0) is 5.41 Å². The number of fused-ring (bicyclic) bond motifs is 10. The van der Waals surface area contributed by atoms with E-state index in [2.05, 4.69) is 101 Å². The summed E-state index contributed by atoms with van der Waals surface area (Å²) in [4.78, 5) is 0. The predicted octanol–water partition coefficient (Wildman–Crippen LogP) is 6.75. The number of hydrogen-bond acceptors (Lipinski definition) is 0. The smallest absolute Gasteiger partial charge is 0.0685 e. The monoisotopic (exact) mass is 396 g/mol. The van der Waals surface area contributed by atoms with E-state index < -0.39 is 0 Å². The zero-order valence-corrected chi connectivity index (χ0v) is 15.8. The lowest BCUT2D eigenvalue weighted by atomic mass is 9.69. The summed E-state index contributed by atoms with van der Waals surface area (Å²) in [5.41, 5.74) is 9.94. The van der Waals surface area contributed by atoms with Crippen LogP contribution < -0.4 is 0 Å². The van der Waals surface area contributed by atoms with Crippen molar-refractivity contribution >= 4 is 15.9 Å². The molecule has 0 aliphatic heterocycles. The molecule has 0 fully saturated rings. The van der Waals surface area contributed by atoms with E-state index in [0.29, 0.717) is 5.92 Å². The molecule has 1 spiro atoms. The average molecular weight is 397 g/mol. The van der Waals surface area contributed by atoms with Crippen molar-refractivity contribution in [3.8, 4) is 11.1 Å². The third kappa shape index (κ3) is 1.61. The van der Waals surface area contributed by atoms with E-state index in [-0.39, 0.29) is 5.41 Å². The van der Waals surface area contributed by atoms with Gasteiger partial charge in [0.05, 0.1) is 5.41 Å². The van der Waals surface area contributed by atoms with Crippen molar-refractivity contribution in [2.75, 3.05) is 0 Å². The molecule has 3 aliphatic carbocycles. The van der Waals surface area contributed by atoms with E-state index in [9.17, 15) is 0 Å². The second-order valence-electron chi connectivity index (χ2n) is 7.41. The molecule has 0 aromatic heterocycles. The quantitative estimate of drug-likeness (QED) is 0.394. The molecule has 0 radical (unpaired) electrons. The maximum Gasteiger partial charge on any atom is 0.0685 e. The maximum atomic E-state index is 3.73. The first-order chi connectivity index (χ1) is 12.8. The number of halogens is 1. The molecule has 3 aliphatic rings. The minimum atomic E-state index is -0.151. The number of benzene rings is 3. The average Bonchev–Trinajstić information content (AvgIpc) is 3.15. The highest BCUT2D eigenvalue weighted by Gasteiger charge is 2.54. The predicted molar refractivity (Wildman–Crippen MR) is 110 cm³/mol. The molecule has 0 saturated carbocycles. The fourth-order valence-electron chi connectivity index (χ4n) is 5.46. The van der Waals surface area contributed by atoms with Crippen molar-refractivity contribution in [2.45, 2.75) is 17.8 Å². The third-order valence-corrected chi connectivity index (χ3v) is 6.83. The molecule has 6 rings (SSSR count). The van der Waals surface area contributed by atoms with Crippen LogP contribution in [0.25, 0.3) is 11.1 Å². The van der Waals surface area contributed by atoms with Crippen molar-refractivity contribution in [1.82, 2.24) is 0 Å². The minimum absolute atomic E-state index is 0.151. The number of rotatable bonds is 0. The molecular weight excluding hydrogens is 380 g/mol. The Hall–Kier alpha value is -2.38. The second-order valence-corrected chi connectivity index (χ2v) is 8.33. The van der Waals surface area contributed by atoms with Gasteiger partial charge in [-0.15, -0.1) is 0 Å². The molecule has 3 aromatic rings. The normalized spacial score (nSPS) is 24.0. The Morgan fingerprint density at radius 1 is 0.808 bits per heavy atom. The van der Waals surface area contributed by atoms with Crippen LogP contribution >= 0.6 is 15.9 Å². The van der Waals surface area contributed by atoms with Crippen LogP contribution in [0.5, 0.6) is 0 Å². The van der Waals surface area contributed by atoms with Gasteiger partial charge in [-0.1, -0.05) is 88.8 Å². The van der Waals surface area contributed by atoms with Crippen molar-refractivity contribution in [2.24, 2.45) is 0 Å². The summed E-state index contributed by atoms with van der Waals surface area (Å²) in [6.07, 6.45) is 8.03. The molecule has 0 heterocycles. The zero-order chi connectivity index (χ0) is 17.3. The van der Waals surface area contributed by atoms with Crippen LogP contribution in [-0.4, -0.2) is 0 Å². The number of hydrogen-bond donors (Lipinski definition) is 0. The Kier molecular flexibility index (Phi) is 2.88. The summed E-state index contributed by atoms with van der Waals surface area (Å²) < 4.78 is 1.15. The van der Waals surface area contributed by atoms with Gasteiger partial charge in [-0.05, 0) is 57.5 Å². The first kappa shape index (κ1) is 14.8. The minimum Gasteiger partial charge on any atom is -0.0836 e. The van der Waals surface area contributed by atoms with Gasteiger partial charge in [-0.2, -0.15) is 0 Å². The second kappa shape index (κ2) is 5.08. The number of allylic oxidation sites excluding steroid dienone is 4. The van der Waals surface area contributed by atoms with E-state index in [1.807, 2.05) is 0 Å². The molecule has 2 unspecified atom stereocenters. The van der Waals surface area contributed by atoms with Crippen molar-refractivity contribution in [3.63, 3.8) is 0 Å². The van der Waals surface area contributed by atoms with Crippen LogP contribution in [0.1, 0.15) is 34.6 Å². The molecule has 124 valence electrons. The fourth-order valence-corrected chi connectivity index (χ4v) is 5.82. The van der Waals surface area contributed by atoms with Gasteiger partial charge < -0.3 is 0 Å². The Morgan fingerprint density at radius 2 is 1.58 bits per heavy atom. The Bertz CT molecular complexity index is 1130. The molecular formula is C25H17Br. The summed E-state index contributed by atoms with van der Waals surface area (Å²) >= 11 is 3.73. The standard InChI is InChI=1S/C25H17Br/c26-16-13-14-20-19-9-3-6-12-23(19)25(24(20)15-16)21-10-4-1-7-17(21)18-8-2-5-11-22(18)25/h1-7,9-15,18H,8H2. The fraction of sp³-hybridized carbons (Fsp3) is 0.120. The summed E-state index contributed by atoms with van der Waals surface area (Å²) in [5, 5.41) is 0. The van der Waals surface area contributed by atoms with Gasteiger partial charge in [-0.3, -0.25) is 0 Å². The highest BCUT2D eigenvalue weighted by Crippen LogP contribution is 2.65. The SMILES string of the molecule is Brc1ccc2c(c1)C1(C3=CC=CCC3c3ccccc31)c1ccccc1-2. The molecule has 0 bridgehead atoms. The van der Waals surface area contributed by atoms with E-state index >= 15 is 0 Å². The Morgan fingerprint density at radius 3 is 2.50 bits per heavy atom. The molecule has 26 heavy (non-hydrogen) atoms. The van der Waals surface area contributed by atoms with Crippen molar-refractivity contribution < 1.29 is 0 Å². The van der Waals surface area contributed by atoms with Crippen LogP contribution in [0.15, 0.2) is 95.0 Å². The van der Waals surface area contributed by atoms with E-state index in [4.69, 9.17) is 0 Å². The highest BCUT2D eigenvalue weighted by atomic mass is 79.9. The van der Waals surface area contributed by atoms with Gasteiger partial charge in [0.2, 0.25) is 0 Å². The van der Waals surface area contributed by atoms with E-state index in [0.717, 1.165) is 10.9 Å². The first-order valence-corrected chi connectivity index (χ1v) is 9.97. The highest BCUT2D eigenvalue weighted by molar-refractivity contribution is 9.10. The van der Waals surface area contributed by atoms with Gasteiger partial charge in [0.1, 0.15) is 0 Å². The Balaban J connectivity index is 1.83. The van der Waals surface area contributed by atoms with Crippen LogP contribution in [0.4, 0.5) is 0 Å². The van der Waals surface area contributed by atoms with Crippen LogP contribution in [0.3, 0.4) is 0 Å². The summed E-state index contributed by atoms with van der Waals surface area (Å²) in [5.74, 6) is 0.481. The van der Waals surface area contributed by atoms with Crippen molar-refractivity contribution in [1.29, 1.82) is 0 Å². The van der Waals surface area contributed by atoms with Gasteiger partial charge in [0, 0.05) is 10.4 Å². The zero-order valence-electron chi connectivity index (χ0n) is 14.2. The molecule has 0 amide bonds. The van der Waals surface area contributed by atoms with Crippen LogP contribution in [0.2, 0.25) is 0 Å². The largest absolute Gasteiger partial charge is 0.0836 e. The molecule has 0 N–H and O–H groups in total.